The first-order chi connectivity index (χ1) is 8.92. The van der Waals surface area contributed by atoms with Gasteiger partial charge in [0.15, 0.2) is 0 Å². The Morgan fingerprint density at radius 3 is 2.53 bits per heavy atom. The average Bonchev–Trinajstić information content (AvgIpc) is 2.35. The fourth-order valence-corrected chi connectivity index (χ4v) is 1.35. The highest BCUT2D eigenvalue weighted by Gasteiger charge is 2.11. The van der Waals surface area contributed by atoms with Crippen LogP contribution in [0.4, 0.5) is 0 Å². The molecule has 0 bridgehead atoms. The number of carbonyl (C=O) groups is 1. The van der Waals surface area contributed by atoms with Crippen LogP contribution in [0.3, 0.4) is 0 Å². The van der Waals surface area contributed by atoms with Gasteiger partial charge in [0.25, 0.3) is 0 Å². The second kappa shape index (κ2) is 8.86. The molecule has 0 heterocycles. The molecule has 0 saturated heterocycles. The summed E-state index contributed by atoms with van der Waals surface area (Å²) in [5.74, 6) is -1.93. The lowest BCUT2D eigenvalue weighted by Gasteiger charge is -2.05. The predicted molar refractivity (Wildman–Crippen MR) is 80.5 cm³/mol. The summed E-state index contributed by atoms with van der Waals surface area (Å²) < 4.78 is 0. The SMILES string of the molecule is C=CC/C=C\C(C)=C/C(=C)/C(C)=C/C(C=N)C(=O)O. The topological polar surface area (TPSA) is 61.2 Å². The van der Waals surface area contributed by atoms with Crippen LogP contribution in [-0.4, -0.2) is 17.3 Å². The lowest BCUT2D eigenvalue weighted by atomic mass is 10.0. The highest BCUT2D eigenvalue weighted by Crippen LogP contribution is 2.14. The summed E-state index contributed by atoms with van der Waals surface area (Å²) in [5.41, 5.74) is 2.53. The first-order valence-electron chi connectivity index (χ1n) is 5.99. The molecule has 1 atom stereocenters. The van der Waals surface area contributed by atoms with E-state index in [1.165, 1.54) is 6.08 Å². The van der Waals surface area contributed by atoms with Gasteiger partial charge in [-0.05, 0) is 31.4 Å². The fraction of sp³-hybridized carbons (Fsp3) is 0.250. The Labute approximate surface area is 114 Å². The first-order valence-corrected chi connectivity index (χ1v) is 5.99. The van der Waals surface area contributed by atoms with Crippen molar-refractivity contribution in [3.63, 3.8) is 0 Å². The van der Waals surface area contributed by atoms with E-state index in [1.807, 2.05) is 31.2 Å². The van der Waals surface area contributed by atoms with Crippen LogP contribution in [0.2, 0.25) is 0 Å². The van der Waals surface area contributed by atoms with Crippen LogP contribution in [0.1, 0.15) is 20.3 Å². The zero-order valence-corrected chi connectivity index (χ0v) is 11.5. The number of aliphatic carboxylic acids is 1. The van der Waals surface area contributed by atoms with E-state index in [2.05, 4.69) is 13.2 Å². The Balaban J connectivity index is 4.86. The van der Waals surface area contributed by atoms with Crippen LogP contribution in [0, 0.1) is 11.3 Å². The number of nitrogens with one attached hydrogen (secondary N) is 1. The molecule has 102 valence electrons. The minimum atomic E-state index is -1.03. The van der Waals surface area contributed by atoms with Gasteiger partial charge in [-0.15, -0.1) is 6.58 Å². The van der Waals surface area contributed by atoms with Crippen molar-refractivity contribution in [2.75, 3.05) is 0 Å². The third kappa shape index (κ3) is 6.99. The maximum absolute atomic E-state index is 10.8. The van der Waals surface area contributed by atoms with Crippen molar-refractivity contribution in [1.29, 1.82) is 5.41 Å². The highest BCUT2D eigenvalue weighted by atomic mass is 16.4. The van der Waals surface area contributed by atoms with E-state index in [-0.39, 0.29) is 0 Å². The number of rotatable bonds is 8. The molecule has 0 aliphatic carbocycles. The third-order valence-electron chi connectivity index (χ3n) is 2.49. The number of allylic oxidation sites excluding steroid dienone is 7. The van der Waals surface area contributed by atoms with Gasteiger partial charge in [-0.2, -0.15) is 0 Å². The standard InChI is InChI=1S/C16H21NO2/c1-5-6-7-8-12(2)9-13(3)14(4)10-15(11-17)16(18)19/h5,7-11,15,17H,1,3,6H2,2,4H3,(H,18,19)/b8-7-,12-9-,14-10+,17-11?. The molecule has 0 aromatic heterocycles. The van der Waals surface area contributed by atoms with Gasteiger partial charge in [0.1, 0.15) is 5.92 Å². The normalized spacial score (nSPS) is 14.2. The number of carboxylic acids is 1. The molecule has 1 unspecified atom stereocenters. The largest absolute Gasteiger partial charge is 0.481 e. The Bertz CT molecular complexity index is 453. The Kier molecular flexibility index (Phi) is 7.85. The van der Waals surface area contributed by atoms with Crippen LogP contribution in [0.15, 0.2) is 60.3 Å². The molecule has 2 N–H and O–H groups in total. The van der Waals surface area contributed by atoms with E-state index >= 15 is 0 Å². The lowest BCUT2D eigenvalue weighted by molar-refractivity contribution is -0.137. The number of carboxylic acid groups (broad SMARTS) is 1. The maximum Gasteiger partial charge on any atom is 0.315 e. The summed E-state index contributed by atoms with van der Waals surface area (Å²) in [4.78, 5) is 10.8. The molecule has 19 heavy (non-hydrogen) atoms. The van der Waals surface area contributed by atoms with Crippen LogP contribution < -0.4 is 0 Å². The van der Waals surface area contributed by atoms with Gasteiger partial charge in [0.05, 0.1) is 0 Å². The monoisotopic (exact) mass is 259 g/mol. The van der Waals surface area contributed by atoms with Crippen LogP contribution in [0.5, 0.6) is 0 Å². The second-order valence-electron chi connectivity index (χ2n) is 4.22. The summed E-state index contributed by atoms with van der Waals surface area (Å²) in [5, 5.41) is 15.9. The van der Waals surface area contributed by atoms with Crippen LogP contribution in [-0.2, 0) is 4.79 Å². The average molecular weight is 259 g/mol. The van der Waals surface area contributed by atoms with E-state index < -0.39 is 11.9 Å². The molecule has 0 aliphatic rings. The second-order valence-corrected chi connectivity index (χ2v) is 4.22. The molecule has 0 aromatic rings. The highest BCUT2D eigenvalue weighted by molar-refractivity contribution is 5.89. The summed E-state index contributed by atoms with van der Waals surface area (Å²) in [6.07, 6.45) is 10.9. The first kappa shape index (κ1) is 16.8. The van der Waals surface area contributed by atoms with Crippen LogP contribution >= 0.6 is 0 Å². The summed E-state index contributed by atoms with van der Waals surface area (Å²) in [6.45, 7) is 11.3. The van der Waals surface area contributed by atoms with E-state index in [4.69, 9.17) is 10.5 Å². The fourth-order valence-electron chi connectivity index (χ4n) is 1.35. The summed E-state index contributed by atoms with van der Waals surface area (Å²) in [7, 11) is 0. The molecule has 0 saturated carbocycles. The molecule has 3 nitrogen and oxygen atoms in total. The van der Waals surface area contributed by atoms with E-state index in [0.717, 1.165) is 29.4 Å². The Morgan fingerprint density at radius 1 is 1.42 bits per heavy atom. The van der Waals surface area contributed by atoms with Crippen molar-refractivity contribution in [1.82, 2.24) is 0 Å². The molecular formula is C16H21NO2. The molecule has 0 spiro atoms. The quantitative estimate of drug-likeness (QED) is 0.394. The zero-order chi connectivity index (χ0) is 14.8. The van der Waals surface area contributed by atoms with Crippen molar-refractivity contribution < 1.29 is 9.90 Å². The molecule has 0 fully saturated rings. The zero-order valence-electron chi connectivity index (χ0n) is 11.5. The van der Waals surface area contributed by atoms with E-state index in [0.29, 0.717) is 0 Å². The Hall–Kier alpha value is -2.16. The van der Waals surface area contributed by atoms with Crippen molar-refractivity contribution >= 4 is 12.2 Å². The van der Waals surface area contributed by atoms with Gasteiger partial charge < -0.3 is 10.5 Å². The van der Waals surface area contributed by atoms with Gasteiger partial charge in [0, 0.05) is 6.21 Å². The van der Waals surface area contributed by atoms with Gasteiger partial charge in [-0.25, -0.2) is 0 Å². The molecule has 0 aromatic carbocycles. The summed E-state index contributed by atoms with van der Waals surface area (Å²) in [6, 6.07) is 0. The van der Waals surface area contributed by atoms with Gasteiger partial charge in [-0.3, -0.25) is 4.79 Å². The summed E-state index contributed by atoms with van der Waals surface area (Å²) >= 11 is 0. The lowest BCUT2D eigenvalue weighted by Crippen LogP contribution is -2.12. The molecular weight excluding hydrogens is 238 g/mol. The predicted octanol–water partition coefficient (Wildman–Crippen LogP) is 3.92. The van der Waals surface area contributed by atoms with Gasteiger partial charge >= 0.3 is 5.97 Å². The molecule has 3 heteroatoms. The molecule has 0 amide bonds. The van der Waals surface area contributed by atoms with E-state index in [9.17, 15) is 4.79 Å². The maximum atomic E-state index is 10.8. The van der Waals surface area contributed by atoms with E-state index in [1.54, 1.807) is 6.92 Å². The molecule has 0 radical (unpaired) electrons. The Morgan fingerprint density at radius 2 is 2.05 bits per heavy atom. The van der Waals surface area contributed by atoms with Crippen molar-refractivity contribution in [3.8, 4) is 0 Å². The molecule has 0 rings (SSSR count). The van der Waals surface area contributed by atoms with Crippen molar-refractivity contribution in [2.45, 2.75) is 20.3 Å². The van der Waals surface area contributed by atoms with Crippen molar-refractivity contribution in [3.05, 3.63) is 60.3 Å². The smallest absolute Gasteiger partial charge is 0.315 e. The van der Waals surface area contributed by atoms with Gasteiger partial charge in [-0.1, -0.05) is 42.5 Å². The number of hydrogen-bond donors (Lipinski definition) is 2. The minimum Gasteiger partial charge on any atom is -0.481 e. The van der Waals surface area contributed by atoms with Gasteiger partial charge in [0.2, 0.25) is 0 Å². The minimum absolute atomic E-state index is 0.744. The van der Waals surface area contributed by atoms with Crippen LogP contribution in [0.25, 0.3) is 0 Å². The molecule has 0 aliphatic heterocycles. The third-order valence-corrected chi connectivity index (χ3v) is 2.49. The number of hydrogen-bond acceptors (Lipinski definition) is 2. The van der Waals surface area contributed by atoms with Crippen molar-refractivity contribution in [2.24, 2.45) is 5.92 Å².